The Hall–Kier alpha value is -1.79. The summed E-state index contributed by atoms with van der Waals surface area (Å²) in [5, 5.41) is 1.95. The Morgan fingerprint density at radius 2 is 2.00 bits per heavy atom. The van der Waals surface area contributed by atoms with Gasteiger partial charge in [0.05, 0.1) is 4.91 Å². The third-order valence-electron chi connectivity index (χ3n) is 3.47. The van der Waals surface area contributed by atoms with Crippen LogP contribution in [-0.2, 0) is 4.79 Å². The van der Waals surface area contributed by atoms with Crippen molar-refractivity contribution in [3.8, 4) is 5.69 Å². The summed E-state index contributed by atoms with van der Waals surface area (Å²) in [4.78, 5) is 23.4. The van der Waals surface area contributed by atoms with E-state index < -0.39 is 0 Å². The minimum atomic E-state index is -0.331. The lowest BCUT2D eigenvalue weighted by Gasteiger charge is -2.10. The van der Waals surface area contributed by atoms with Crippen molar-refractivity contribution in [2.24, 2.45) is 0 Å². The van der Waals surface area contributed by atoms with E-state index in [0.717, 1.165) is 38.9 Å². The molecule has 6 heteroatoms. The Morgan fingerprint density at radius 1 is 1.23 bits per heavy atom. The molecular formula is C16H13BrN2O2S. The summed E-state index contributed by atoms with van der Waals surface area (Å²) in [6, 6.07) is 10.0. The second-order valence-corrected chi connectivity index (χ2v) is 6.92. The molecule has 0 bridgehead atoms. The normalized spacial score (nSPS) is 16.4. The van der Waals surface area contributed by atoms with Gasteiger partial charge in [-0.3, -0.25) is 14.9 Å². The molecule has 0 saturated carbocycles. The number of thioether (sulfide) groups is 1. The van der Waals surface area contributed by atoms with E-state index in [2.05, 4.69) is 25.8 Å². The summed E-state index contributed by atoms with van der Waals surface area (Å²) < 4.78 is 3.13. The molecule has 0 aliphatic carbocycles. The van der Waals surface area contributed by atoms with Gasteiger partial charge in [0.25, 0.3) is 11.1 Å². The third-order valence-corrected chi connectivity index (χ3v) is 4.77. The van der Waals surface area contributed by atoms with Crippen molar-refractivity contribution in [1.82, 2.24) is 9.88 Å². The van der Waals surface area contributed by atoms with Crippen molar-refractivity contribution < 1.29 is 9.59 Å². The highest BCUT2D eigenvalue weighted by atomic mass is 79.9. The van der Waals surface area contributed by atoms with Crippen LogP contribution < -0.4 is 5.32 Å². The van der Waals surface area contributed by atoms with Gasteiger partial charge in [-0.05, 0) is 61.5 Å². The average molecular weight is 377 g/mol. The molecule has 1 aliphatic heterocycles. The molecule has 2 heterocycles. The summed E-state index contributed by atoms with van der Waals surface area (Å²) in [5.74, 6) is -0.331. The molecule has 1 saturated heterocycles. The summed E-state index contributed by atoms with van der Waals surface area (Å²) in [6.07, 6.45) is 1.77. The Bertz CT molecular complexity index is 824. The molecule has 1 aromatic carbocycles. The number of aromatic nitrogens is 1. The van der Waals surface area contributed by atoms with Gasteiger partial charge in [0.1, 0.15) is 0 Å². The molecule has 22 heavy (non-hydrogen) atoms. The highest BCUT2D eigenvalue weighted by Gasteiger charge is 2.25. The van der Waals surface area contributed by atoms with E-state index in [1.807, 2.05) is 44.2 Å². The minimum absolute atomic E-state index is 0.322. The number of imide groups is 1. The van der Waals surface area contributed by atoms with Crippen LogP contribution >= 0.6 is 27.7 Å². The number of rotatable bonds is 2. The minimum Gasteiger partial charge on any atom is -0.318 e. The number of halogens is 1. The van der Waals surface area contributed by atoms with Crippen LogP contribution in [-0.4, -0.2) is 15.7 Å². The number of carbonyl (C=O) groups excluding carboxylic acids is 2. The van der Waals surface area contributed by atoms with Crippen LogP contribution in [0.5, 0.6) is 0 Å². The lowest BCUT2D eigenvalue weighted by atomic mass is 10.2. The van der Waals surface area contributed by atoms with Gasteiger partial charge < -0.3 is 4.57 Å². The van der Waals surface area contributed by atoms with Gasteiger partial charge in [-0.2, -0.15) is 0 Å². The van der Waals surface area contributed by atoms with E-state index in [9.17, 15) is 9.59 Å². The second kappa shape index (κ2) is 5.78. The molecule has 2 amide bonds. The van der Waals surface area contributed by atoms with Crippen molar-refractivity contribution in [3.05, 3.63) is 56.7 Å². The number of aryl methyl sites for hydroxylation is 1. The average Bonchev–Trinajstić information content (AvgIpc) is 2.90. The topological polar surface area (TPSA) is 51.1 Å². The highest BCUT2D eigenvalue weighted by Crippen LogP contribution is 2.29. The standard InChI is InChI=1S/C16H13BrN2O2S/c1-9-6-11(7-14-15(20)18-16(21)22-14)10(2)19(9)13-5-3-4-12(17)8-13/h3-8H,1-2H3,(H,18,20,21)/b14-7-. The first-order chi connectivity index (χ1) is 10.5. The molecule has 3 rings (SSSR count). The molecule has 0 radical (unpaired) electrons. The van der Waals surface area contributed by atoms with Crippen LogP contribution in [0.15, 0.2) is 39.7 Å². The quantitative estimate of drug-likeness (QED) is 0.799. The first-order valence-electron chi connectivity index (χ1n) is 6.65. The highest BCUT2D eigenvalue weighted by molar-refractivity contribution is 9.10. The van der Waals surface area contributed by atoms with Gasteiger partial charge in [0, 0.05) is 21.5 Å². The van der Waals surface area contributed by atoms with Crippen molar-refractivity contribution in [2.45, 2.75) is 13.8 Å². The first kappa shape index (κ1) is 15.1. The maximum atomic E-state index is 11.7. The van der Waals surface area contributed by atoms with E-state index in [1.54, 1.807) is 6.08 Å². The third kappa shape index (κ3) is 2.76. The molecule has 4 nitrogen and oxygen atoms in total. The maximum Gasteiger partial charge on any atom is 0.290 e. The number of carbonyl (C=O) groups is 2. The maximum absolute atomic E-state index is 11.7. The van der Waals surface area contributed by atoms with Crippen LogP contribution in [0.1, 0.15) is 17.0 Å². The zero-order valence-electron chi connectivity index (χ0n) is 12.0. The first-order valence-corrected chi connectivity index (χ1v) is 8.26. The van der Waals surface area contributed by atoms with E-state index >= 15 is 0 Å². The predicted octanol–water partition coefficient (Wildman–Crippen LogP) is 4.18. The van der Waals surface area contributed by atoms with Crippen LogP contribution in [0.4, 0.5) is 4.79 Å². The van der Waals surface area contributed by atoms with Gasteiger partial charge >= 0.3 is 0 Å². The summed E-state index contributed by atoms with van der Waals surface area (Å²) in [5.41, 5.74) is 4.08. The van der Waals surface area contributed by atoms with Crippen LogP contribution in [0, 0.1) is 13.8 Å². The number of amides is 2. The Labute approximate surface area is 140 Å². The van der Waals surface area contributed by atoms with Gasteiger partial charge in [0.15, 0.2) is 0 Å². The van der Waals surface area contributed by atoms with Crippen molar-refractivity contribution in [2.75, 3.05) is 0 Å². The summed E-state index contributed by atoms with van der Waals surface area (Å²) in [6.45, 7) is 4.02. The van der Waals surface area contributed by atoms with Crippen molar-refractivity contribution in [1.29, 1.82) is 0 Å². The van der Waals surface area contributed by atoms with E-state index in [-0.39, 0.29) is 11.1 Å². The molecule has 1 aromatic heterocycles. The molecule has 1 aliphatic rings. The number of nitrogens with one attached hydrogen (secondary N) is 1. The monoisotopic (exact) mass is 376 g/mol. The van der Waals surface area contributed by atoms with Crippen LogP contribution in [0.3, 0.4) is 0 Å². The smallest absolute Gasteiger partial charge is 0.290 e. The van der Waals surface area contributed by atoms with Crippen molar-refractivity contribution in [3.63, 3.8) is 0 Å². The fraction of sp³-hybridized carbons (Fsp3) is 0.125. The zero-order valence-corrected chi connectivity index (χ0v) is 14.4. The molecule has 0 spiro atoms. The molecule has 112 valence electrons. The lowest BCUT2D eigenvalue weighted by molar-refractivity contribution is -0.115. The molecule has 1 N–H and O–H groups in total. The fourth-order valence-corrected chi connectivity index (χ4v) is 3.57. The Balaban J connectivity index is 2.06. The van der Waals surface area contributed by atoms with Gasteiger partial charge in [0.2, 0.25) is 0 Å². The van der Waals surface area contributed by atoms with Crippen LogP contribution in [0.25, 0.3) is 11.8 Å². The molecule has 0 unspecified atom stereocenters. The number of nitrogens with zero attached hydrogens (tertiary/aromatic N) is 1. The second-order valence-electron chi connectivity index (χ2n) is 4.99. The lowest BCUT2D eigenvalue weighted by Crippen LogP contribution is -2.17. The molecule has 1 fully saturated rings. The molecular weight excluding hydrogens is 364 g/mol. The Kier molecular flexibility index (Phi) is 3.97. The van der Waals surface area contributed by atoms with E-state index in [0.29, 0.717) is 4.91 Å². The molecule has 0 atom stereocenters. The van der Waals surface area contributed by atoms with E-state index in [1.165, 1.54) is 0 Å². The number of benzene rings is 1. The predicted molar refractivity (Wildman–Crippen MR) is 92.0 cm³/mol. The fourth-order valence-electron chi connectivity index (χ4n) is 2.51. The van der Waals surface area contributed by atoms with E-state index in [4.69, 9.17) is 0 Å². The van der Waals surface area contributed by atoms with Gasteiger partial charge in [-0.25, -0.2) is 0 Å². The Morgan fingerprint density at radius 3 is 2.64 bits per heavy atom. The SMILES string of the molecule is Cc1cc(/C=C2\SC(=O)NC2=O)c(C)n1-c1cccc(Br)c1. The number of hydrogen-bond donors (Lipinski definition) is 1. The summed E-state index contributed by atoms with van der Waals surface area (Å²) in [7, 11) is 0. The largest absolute Gasteiger partial charge is 0.318 e. The van der Waals surface area contributed by atoms with Crippen molar-refractivity contribution >= 4 is 44.9 Å². The number of hydrogen-bond acceptors (Lipinski definition) is 3. The van der Waals surface area contributed by atoms with Gasteiger partial charge in [-0.1, -0.05) is 22.0 Å². The zero-order chi connectivity index (χ0) is 15.9. The molecule has 2 aromatic rings. The van der Waals surface area contributed by atoms with Gasteiger partial charge in [-0.15, -0.1) is 0 Å². The summed E-state index contributed by atoms with van der Waals surface area (Å²) >= 11 is 4.42. The van der Waals surface area contributed by atoms with Crippen LogP contribution in [0.2, 0.25) is 0 Å².